The van der Waals surface area contributed by atoms with E-state index in [1.54, 1.807) is 0 Å². The molecule has 0 aromatic heterocycles. The SMILES string of the molecule is c1ccc(C2(c3ccccc3)c3ccccc3-c3c(-c4cccc(-c5ccc6c7c(cccc57)-c5ccccc5S6)c4)cccc32)cc1. The molecule has 2 aliphatic rings. The molecule has 0 atom stereocenters. The molecule has 0 radical (unpaired) electrons. The van der Waals surface area contributed by atoms with Gasteiger partial charge >= 0.3 is 0 Å². The Morgan fingerprint density at radius 1 is 0.354 bits per heavy atom. The van der Waals surface area contributed by atoms with Gasteiger partial charge in [0.15, 0.2) is 0 Å². The summed E-state index contributed by atoms with van der Waals surface area (Å²) < 4.78 is 0. The largest absolute Gasteiger partial charge is 0.0888 e. The number of benzene rings is 8. The summed E-state index contributed by atoms with van der Waals surface area (Å²) in [5, 5.41) is 2.66. The fraction of sp³-hybridized carbons (Fsp3) is 0.0213. The van der Waals surface area contributed by atoms with Gasteiger partial charge in [0.25, 0.3) is 0 Å². The highest BCUT2D eigenvalue weighted by atomic mass is 32.2. The van der Waals surface area contributed by atoms with Gasteiger partial charge in [0.2, 0.25) is 0 Å². The van der Waals surface area contributed by atoms with Crippen LogP contribution in [0.4, 0.5) is 0 Å². The first-order valence-electron chi connectivity index (χ1n) is 16.6. The van der Waals surface area contributed by atoms with Crippen LogP contribution < -0.4 is 0 Å². The van der Waals surface area contributed by atoms with Crippen molar-refractivity contribution in [1.29, 1.82) is 0 Å². The predicted molar refractivity (Wildman–Crippen MR) is 202 cm³/mol. The number of hydrogen-bond acceptors (Lipinski definition) is 1. The van der Waals surface area contributed by atoms with E-state index in [0.717, 1.165) is 0 Å². The number of fused-ring (bicyclic) bond motifs is 5. The van der Waals surface area contributed by atoms with Gasteiger partial charge in [0, 0.05) is 15.2 Å². The summed E-state index contributed by atoms with van der Waals surface area (Å²) in [6, 6.07) is 67.4. The van der Waals surface area contributed by atoms with Gasteiger partial charge < -0.3 is 0 Å². The molecule has 224 valence electrons. The van der Waals surface area contributed by atoms with Gasteiger partial charge in [-0.2, -0.15) is 0 Å². The molecule has 1 heteroatoms. The zero-order valence-electron chi connectivity index (χ0n) is 26.2. The Hall–Kier alpha value is -5.63. The summed E-state index contributed by atoms with van der Waals surface area (Å²) in [7, 11) is 0. The highest BCUT2D eigenvalue weighted by Gasteiger charge is 2.46. The van der Waals surface area contributed by atoms with Crippen LogP contribution in [-0.2, 0) is 5.41 Å². The van der Waals surface area contributed by atoms with E-state index in [-0.39, 0.29) is 0 Å². The van der Waals surface area contributed by atoms with Crippen molar-refractivity contribution in [3.8, 4) is 44.5 Å². The second-order valence-electron chi connectivity index (χ2n) is 12.8. The summed E-state index contributed by atoms with van der Waals surface area (Å²) in [6.07, 6.45) is 0. The average molecular weight is 627 g/mol. The van der Waals surface area contributed by atoms with Crippen LogP contribution in [0.5, 0.6) is 0 Å². The van der Waals surface area contributed by atoms with Crippen molar-refractivity contribution in [2.75, 3.05) is 0 Å². The maximum Gasteiger partial charge on any atom is 0.0713 e. The minimum Gasteiger partial charge on any atom is -0.0888 e. The van der Waals surface area contributed by atoms with E-state index >= 15 is 0 Å². The van der Waals surface area contributed by atoms with Crippen LogP contribution in [0.3, 0.4) is 0 Å². The Labute approximate surface area is 285 Å². The molecule has 0 fully saturated rings. The predicted octanol–water partition coefficient (Wildman–Crippen LogP) is 12.7. The lowest BCUT2D eigenvalue weighted by Gasteiger charge is -2.34. The first kappa shape index (κ1) is 27.5. The van der Waals surface area contributed by atoms with Gasteiger partial charge in [0.05, 0.1) is 5.41 Å². The zero-order chi connectivity index (χ0) is 31.7. The molecular formula is C47H30S. The van der Waals surface area contributed by atoms with E-state index in [4.69, 9.17) is 0 Å². The van der Waals surface area contributed by atoms with E-state index in [1.165, 1.54) is 87.3 Å². The van der Waals surface area contributed by atoms with Gasteiger partial charge in [-0.05, 0) is 90.3 Å². The fourth-order valence-electron chi connectivity index (χ4n) is 8.42. The lowest BCUT2D eigenvalue weighted by molar-refractivity contribution is 0.768. The van der Waals surface area contributed by atoms with Gasteiger partial charge in [-0.25, -0.2) is 0 Å². The van der Waals surface area contributed by atoms with Crippen LogP contribution in [0.2, 0.25) is 0 Å². The van der Waals surface area contributed by atoms with Crippen molar-refractivity contribution in [3.05, 3.63) is 204 Å². The van der Waals surface area contributed by atoms with Crippen LogP contribution in [0.25, 0.3) is 55.3 Å². The lowest BCUT2D eigenvalue weighted by atomic mass is 9.67. The molecule has 8 aromatic rings. The van der Waals surface area contributed by atoms with Gasteiger partial charge in [-0.15, -0.1) is 0 Å². The third-order valence-corrected chi connectivity index (χ3v) is 11.5. The summed E-state index contributed by atoms with van der Waals surface area (Å²) in [5.41, 5.74) is 15.1. The standard InChI is InChI=1S/C47H30S/c1-3-16-33(17-4-1)47(34-18-5-2-6-19-34)41-25-9-7-21-40(41)45-36(22-13-26-42(45)47)32-15-11-14-31(30-32)35-28-29-44-46-38(35)23-12-24-39(46)37-20-8-10-27-43(37)48-44/h1-30H. The first-order chi connectivity index (χ1) is 23.8. The maximum atomic E-state index is 2.40. The second-order valence-corrected chi connectivity index (χ2v) is 13.9. The van der Waals surface area contributed by atoms with Crippen LogP contribution >= 0.6 is 11.8 Å². The Balaban J connectivity index is 1.20. The Kier molecular flexibility index (Phi) is 6.13. The zero-order valence-corrected chi connectivity index (χ0v) is 27.0. The van der Waals surface area contributed by atoms with Crippen molar-refractivity contribution in [2.24, 2.45) is 0 Å². The molecule has 1 aliphatic carbocycles. The molecule has 1 heterocycles. The van der Waals surface area contributed by atoms with Crippen molar-refractivity contribution >= 4 is 22.5 Å². The molecule has 0 spiro atoms. The Morgan fingerprint density at radius 2 is 0.938 bits per heavy atom. The van der Waals surface area contributed by atoms with Gasteiger partial charge in [-0.3, -0.25) is 0 Å². The summed E-state index contributed by atoms with van der Waals surface area (Å²) in [6.45, 7) is 0. The van der Waals surface area contributed by atoms with Gasteiger partial charge in [0.1, 0.15) is 0 Å². The number of rotatable bonds is 4. The molecule has 0 saturated carbocycles. The summed E-state index contributed by atoms with van der Waals surface area (Å²) in [4.78, 5) is 2.65. The molecule has 0 nitrogen and oxygen atoms in total. The Morgan fingerprint density at radius 3 is 1.73 bits per heavy atom. The fourth-order valence-corrected chi connectivity index (χ4v) is 9.55. The monoisotopic (exact) mass is 626 g/mol. The van der Waals surface area contributed by atoms with E-state index < -0.39 is 5.41 Å². The topological polar surface area (TPSA) is 0 Å². The molecule has 8 aromatic carbocycles. The van der Waals surface area contributed by atoms with Crippen molar-refractivity contribution in [3.63, 3.8) is 0 Å². The van der Waals surface area contributed by atoms with Crippen molar-refractivity contribution < 1.29 is 0 Å². The van der Waals surface area contributed by atoms with Crippen molar-refractivity contribution in [1.82, 2.24) is 0 Å². The normalized spacial score (nSPS) is 13.5. The van der Waals surface area contributed by atoms with Crippen LogP contribution in [0.1, 0.15) is 22.3 Å². The molecule has 0 unspecified atom stereocenters. The van der Waals surface area contributed by atoms with Crippen LogP contribution in [0.15, 0.2) is 192 Å². The molecule has 0 amide bonds. The Bertz CT molecular complexity index is 2490. The van der Waals surface area contributed by atoms with E-state index in [1.807, 2.05) is 11.8 Å². The second kappa shape index (κ2) is 10.7. The van der Waals surface area contributed by atoms with Crippen LogP contribution in [0, 0.1) is 0 Å². The first-order valence-corrected chi connectivity index (χ1v) is 17.4. The third kappa shape index (κ3) is 3.86. The highest BCUT2D eigenvalue weighted by Crippen LogP contribution is 2.58. The molecule has 0 saturated heterocycles. The highest BCUT2D eigenvalue weighted by molar-refractivity contribution is 7.99. The van der Waals surface area contributed by atoms with Gasteiger partial charge in [-0.1, -0.05) is 176 Å². The minimum atomic E-state index is -0.410. The molecule has 1 aliphatic heterocycles. The third-order valence-electron chi connectivity index (χ3n) is 10.4. The van der Waals surface area contributed by atoms with Crippen molar-refractivity contribution in [2.45, 2.75) is 15.2 Å². The van der Waals surface area contributed by atoms with E-state index in [2.05, 4.69) is 182 Å². The minimum absolute atomic E-state index is 0.410. The molecule has 48 heavy (non-hydrogen) atoms. The van der Waals surface area contributed by atoms with E-state index in [9.17, 15) is 0 Å². The quantitative estimate of drug-likeness (QED) is 0.187. The van der Waals surface area contributed by atoms with Crippen LogP contribution in [-0.4, -0.2) is 0 Å². The lowest BCUT2D eigenvalue weighted by Crippen LogP contribution is -2.28. The number of hydrogen-bond donors (Lipinski definition) is 0. The average Bonchev–Trinajstić information content (AvgIpc) is 3.47. The smallest absolute Gasteiger partial charge is 0.0713 e. The summed E-state index contributed by atoms with van der Waals surface area (Å²) in [5.74, 6) is 0. The molecule has 0 N–H and O–H groups in total. The molecule has 10 rings (SSSR count). The molecular weight excluding hydrogens is 597 g/mol. The molecule has 0 bridgehead atoms. The maximum absolute atomic E-state index is 2.40. The summed E-state index contributed by atoms with van der Waals surface area (Å²) >= 11 is 1.88. The van der Waals surface area contributed by atoms with E-state index in [0.29, 0.717) is 0 Å².